The van der Waals surface area contributed by atoms with Crippen molar-refractivity contribution in [2.24, 2.45) is 5.73 Å². The minimum atomic E-state index is -0.530. The summed E-state index contributed by atoms with van der Waals surface area (Å²) >= 11 is 4.67. The van der Waals surface area contributed by atoms with E-state index in [1.807, 2.05) is 13.8 Å². The van der Waals surface area contributed by atoms with Crippen molar-refractivity contribution in [2.45, 2.75) is 13.8 Å². The van der Waals surface area contributed by atoms with Crippen LogP contribution in [0.3, 0.4) is 0 Å². The zero-order valence-electron chi connectivity index (χ0n) is 11.0. The molecule has 0 aliphatic rings. The average Bonchev–Trinajstić information content (AvgIpc) is 2.65. The van der Waals surface area contributed by atoms with E-state index in [1.54, 1.807) is 24.3 Å². The van der Waals surface area contributed by atoms with Gasteiger partial charge in [-0.25, -0.2) is 0 Å². The van der Waals surface area contributed by atoms with Gasteiger partial charge in [-0.15, -0.1) is 11.3 Å². The van der Waals surface area contributed by atoms with Crippen LogP contribution in [-0.4, -0.2) is 11.8 Å². The van der Waals surface area contributed by atoms with Crippen LogP contribution >= 0.6 is 27.3 Å². The van der Waals surface area contributed by atoms with Crippen molar-refractivity contribution in [2.75, 3.05) is 5.32 Å². The second-order valence-electron chi connectivity index (χ2n) is 4.31. The Kier molecular flexibility index (Phi) is 4.25. The zero-order valence-corrected chi connectivity index (χ0v) is 13.4. The van der Waals surface area contributed by atoms with E-state index in [0.29, 0.717) is 16.1 Å². The first-order valence-electron chi connectivity index (χ1n) is 5.87. The summed E-state index contributed by atoms with van der Waals surface area (Å²) in [6.45, 7) is 3.71. The number of halogens is 1. The number of rotatable bonds is 3. The van der Waals surface area contributed by atoms with Crippen LogP contribution in [0.4, 0.5) is 5.00 Å². The van der Waals surface area contributed by atoms with E-state index >= 15 is 0 Å². The fourth-order valence-corrected chi connectivity index (χ4v) is 3.11. The Hall–Kier alpha value is -1.66. The highest BCUT2D eigenvalue weighted by molar-refractivity contribution is 9.10. The van der Waals surface area contributed by atoms with Crippen LogP contribution in [-0.2, 0) is 0 Å². The van der Waals surface area contributed by atoms with Crippen LogP contribution < -0.4 is 11.1 Å². The summed E-state index contributed by atoms with van der Waals surface area (Å²) in [4.78, 5) is 24.6. The fraction of sp³-hybridized carbons (Fsp3) is 0.143. The number of aryl methyl sites for hydroxylation is 1. The molecule has 0 fully saturated rings. The van der Waals surface area contributed by atoms with Crippen molar-refractivity contribution in [3.05, 3.63) is 50.3 Å². The summed E-state index contributed by atoms with van der Waals surface area (Å²) < 4.78 is 0.898. The van der Waals surface area contributed by atoms with Crippen molar-refractivity contribution < 1.29 is 9.59 Å². The van der Waals surface area contributed by atoms with Gasteiger partial charge in [0.1, 0.15) is 5.00 Å². The number of anilines is 1. The maximum atomic E-state index is 12.1. The maximum Gasteiger partial charge on any atom is 0.256 e. The molecule has 1 heterocycles. The van der Waals surface area contributed by atoms with Gasteiger partial charge in [-0.1, -0.05) is 15.9 Å². The standard InChI is InChI=1S/C14H13BrN2O2S/c1-7-8(2)20-14(11(7)12(16)18)17-13(19)9-3-5-10(15)6-4-9/h3-6H,1-2H3,(H2,16,18)(H,17,19). The third-order valence-electron chi connectivity index (χ3n) is 2.97. The number of hydrogen-bond acceptors (Lipinski definition) is 3. The van der Waals surface area contributed by atoms with Crippen molar-refractivity contribution in [1.82, 2.24) is 0 Å². The molecule has 2 aromatic rings. The number of carbonyl (C=O) groups is 2. The molecule has 104 valence electrons. The maximum absolute atomic E-state index is 12.1. The molecule has 0 bridgehead atoms. The molecule has 1 aromatic heterocycles. The minimum Gasteiger partial charge on any atom is -0.365 e. The Morgan fingerprint density at radius 2 is 1.80 bits per heavy atom. The van der Waals surface area contributed by atoms with E-state index in [-0.39, 0.29) is 5.91 Å². The highest BCUT2D eigenvalue weighted by Crippen LogP contribution is 2.32. The largest absolute Gasteiger partial charge is 0.365 e. The number of thiophene rings is 1. The molecule has 0 aliphatic heterocycles. The number of hydrogen-bond donors (Lipinski definition) is 2. The lowest BCUT2D eigenvalue weighted by molar-refractivity contribution is 0.100. The molecule has 4 nitrogen and oxygen atoms in total. The summed E-state index contributed by atoms with van der Waals surface area (Å²) in [6, 6.07) is 6.98. The monoisotopic (exact) mass is 352 g/mol. The van der Waals surface area contributed by atoms with Crippen molar-refractivity contribution in [3.8, 4) is 0 Å². The van der Waals surface area contributed by atoms with Gasteiger partial charge in [0.15, 0.2) is 0 Å². The summed E-state index contributed by atoms with van der Waals surface area (Å²) in [7, 11) is 0. The SMILES string of the molecule is Cc1sc(NC(=O)c2ccc(Br)cc2)c(C(N)=O)c1C. The molecule has 2 rings (SSSR count). The molecule has 6 heteroatoms. The molecule has 20 heavy (non-hydrogen) atoms. The van der Waals surface area contributed by atoms with Crippen molar-refractivity contribution >= 4 is 44.1 Å². The van der Waals surface area contributed by atoms with E-state index < -0.39 is 5.91 Å². The molecule has 0 radical (unpaired) electrons. The number of carbonyl (C=O) groups excluding carboxylic acids is 2. The second kappa shape index (κ2) is 5.76. The minimum absolute atomic E-state index is 0.263. The number of amides is 2. The Labute approximate surface area is 129 Å². The number of benzene rings is 1. The van der Waals surface area contributed by atoms with Gasteiger partial charge in [-0.05, 0) is 43.7 Å². The highest BCUT2D eigenvalue weighted by atomic mass is 79.9. The fourth-order valence-electron chi connectivity index (χ4n) is 1.79. The zero-order chi connectivity index (χ0) is 14.9. The molecule has 0 saturated carbocycles. The first-order valence-corrected chi connectivity index (χ1v) is 7.48. The Bertz CT molecular complexity index is 677. The lowest BCUT2D eigenvalue weighted by Gasteiger charge is -2.05. The van der Waals surface area contributed by atoms with Gasteiger partial charge in [0.25, 0.3) is 11.8 Å². The van der Waals surface area contributed by atoms with Gasteiger partial charge in [0.05, 0.1) is 5.56 Å². The van der Waals surface area contributed by atoms with Crippen LogP contribution in [0.15, 0.2) is 28.7 Å². The third-order valence-corrected chi connectivity index (χ3v) is 4.62. The van der Waals surface area contributed by atoms with Gasteiger partial charge in [0.2, 0.25) is 0 Å². The van der Waals surface area contributed by atoms with E-state index in [1.165, 1.54) is 11.3 Å². The summed E-state index contributed by atoms with van der Waals surface area (Å²) in [5.74, 6) is -0.792. The topological polar surface area (TPSA) is 72.2 Å². The highest BCUT2D eigenvalue weighted by Gasteiger charge is 2.19. The van der Waals surface area contributed by atoms with E-state index in [2.05, 4.69) is 21.2 Å². The number of nitrogens with one attached hydrogen (secondary N) is 1. The van der Waals surface area contributed by atoms with Crippen LogP contribution in [0, 0.1) is 13.8 Å². The van der Waals surface area contributed by atoms with Crippen LogP contribution in [0.1, 0.15) is 31.2 Å². The van der Waals surface area contributed by atoms with Crippen molar-refractivity contribution in [1.29, 1.82) is 0 Å². The van der Waals surface area contributed by atoms with Gasteiger partial charge in [-0.3, -0.25) is 9.59 Å². The summed E-state index contributed by atoms with van der Waals surface area (Å²) in [5, 5.41) is 3.25. The molecule has 0 spiro atoms. The molecule has 3 N–H and O–H groups in total. The predicted molar refractivity (Wildman–Crippen MR) is 84.4 cm³/mol. The number of nitrogens with two attached hydrogens (primary N) is 1. The second-order valence-corrected chi connectivity index (χ2v) is 6.45. The van der Waals surface area contributed by atoms with Gasteiger partial charge in [-0.2, -0.15) is 0 Å². The number of primary amides is 1. The first-order chi connectivity index (χ1) is 9.40. The van der Waals surface area contributed by atoms with Gasteiger partial charge in [0, 0.05) is 14.9 Å². The predicted octanol–water partition coefficient (Wildman–Crippen LogP) is 3.48. The molecule has 0 aliphatic carbocycles. The Morgan fingerprint density at radius 3 is 2.35 bits per heavy atom. The van der Waals surface area contributed by atoms with Crippen LogP contribution in [0.2, 0.25) is 0 Å². The van der Waals surface area contributed by atoms with Gasteiger partial charge < -0.3 is 11.1 Å². The molecule has 1 aromatic carbocycles. The van der Waals surface area contributed by atoms with Crippen LogP contribution in [0.5, 0.6) is 0 Å². The molecule has 0 saturated heterocycles. The van der Waals surface area contributed by atoms with Crippen molar-refractivity contribution in [3.63, 3.8) is 0 Å². The summed E-state index contributed by atoms with van der Waals surface area (Å²) in [6.07, 6.45) is 0. The summed E-state index contributed by atoms with van der Waals surface area (Å²) in [5.41, 5.74) is 7.09. The smallest absolute Gasteiger partial charge is 0.256 e. The normalized spacial score (nSPS) is 10.3. The molecule has 2 amide bonds. The molecular weight excluding hydrogens is 340 g/mol. The average molecular weight is 353 g/mol. The lowest BCUT2D eigenvalue weighted by Crippen LogP contribution is -2.17. The lowest BCUT2D eigenvalue weighted by atomic mass is 10.1. The van der Waals surface area contributed by atoms with E-state index in [4.69, 9.17) is 5.73 Å². The first kappa shape index (κ1) is 14.7. The van der Waals surface area contributed by atoms with Gasteiger partial charge >= 0.3 is 0 Å². The Balaban J connectivity index is 2.30. The molecular formula is C14H13BrN2O2S. The Morgan fingerprint density at radius 1 is 1.20 bits per heavy atom. The van der Waals surface area contributed by atoms with Crippen LogP contribution in [0.25, 0.3) is 0 Å². The molecule has 0 unspecified atom stereocenters. The molecule has 0 atom stereocenters. The quantitative estimate of drug-likeness (QED) is 0.887. The van der Waals surface area contributed by atoms with E-state index in [0.717, 1.165) is 14.9 Å². The van der Waals surface area contributed by atoms with E-state index in [9.17, 15) is 9.59 Å². The third kappa shape index (κ3) is 2.91.